The molecule has 1 aliphatic rings. The summed E-state index contributed by atoms with van der Waals surface area (Å²) in [6.45, 7) is 12.2. The number of anilines is 1. The highest BCUT2D eigenvalue weighted by Gasteiger charge is 2.18. The number of nitrogens with zero attached hydrogens (tertiary/aromatic N) is 1. The second kappa shape index (κ2) is 6.94. The summed E-state index contributed by atoms with van der Waals surface area (Å²) in [7, 11) is 0. The monoisotopic (exact) mass is 272 g/mol. The summed E-state index contributed by atoms with van der Waals surface area (Å²) < 4.78 is 0. The van der Waals surface area contributed by atoms with Crippen LogP contribution in [0.3, 0.4) is 0 Å². The molecule has 1 aliphatic heterocycles. The van der Waals surface area contributed by atoms with Crippen LogP contribution in [-0.4, -0.2) is 30.6 Å². The zero-order valence-electron chi connectivity index (χ0n) is 13.4. The smallest absolute Gasteiger partial charge is 0.0372 e. The number of aryl methyl sites for hydroxylation is 2. The topological polar surface area (TPSA) is 15.3 Å². The zero-order chi connectivity index (χ0) is 14.5. The van der Waals surface area contributed by atoms with E-state index in [4.69, 9.17) is 0 Å². The molecule has 0 unspecified atom stereocenters. The molecule has 1 aromatic carbocycles. The van der Waals surface area contributed by atoms with Crippen molar-refractivity contribution in [3.05, 3.63) is 41.0 Å². The van der Waals surface area contributed by atoms with Crippen molar-refractivity contribution in [3.63, 3.8) is 0 Å². The molecule has 2 rings (SSSR count). The summed E-state index contributed by atoms with van der Waals surface area (Å²) in [5.41, 5.74) is 5.42. The van der Waals surface area contributed by atoms with Crippen molar-refractivity contribution >= 4 is 5.69 Å². The lowest BCUT2D eigenvalue weighted by Gasteiger charge is -2.32. The SMILES string of the molecule is CC(C)=CCN1CCC(Nc2ccc(C)cc2C)CC1. The number of likely N-dealkylation sites (tertiary alicyclic amines) is 1. The van der Waals surface area contributed by atoms with Gasteiger partial charge in [0.1, 0.15) is 0 Å². The van der Waals surface area contributed by atoms with E-state index in [9.17, 15) is 0 Å². The Kier molecular flexibility index (Phi) is 5.24. The number of benzene rings is 1. The molecule has 0 atom stereocenters. The fourth-order valence-corrected chi connectivity index (χ4v) is 2.77. The molecular weight excluding hydrogens is 244 g/mol. The molecule has 0 aliphatic carbocycles. The summed E-state index contributed by atoms with van der Waals surface area (Å²) in [6, 6.07) is 7.30. The molecule has 0 bridgehead atoms. The molecule has 0 spiro atoms. The van der Waals surface area contributed by atoms with Gasteiger partial charge in [0.25, 0.3) is 0 Å². The molecule has 0 amide bonds. The van der Waals surface area contributed by atoms with Crippen LogP contribution in [0.4, 0.5) is 5.69 Å². The Morgan fingerprint density at radius 1 is 1.25 bits per heavy atom. The van der Waals surface area contributed by atoms with Gasteiger partial charge in [-0.1, -0.05) is 29.3 Å². The molecule has 20 heavy (non-hydrogen) atoms. The average molecular weight is 272 g/mol. The summed E-state index contributed by atoms with van der Waals surface area (Å²) in [4.78, 5) is 2.55. The second-order valence-corrected chi connectivity index (χ2v) is 6.32. The molecule has 110 valence electrons. The Morgan fingerprint density at radius 2 is 1.95 bits per heavy atom. The molecule has 1 saturated heterocycles. The normalized spacial score (nSPS) is 17.0. The first kappa shape index (κ1) is 15.1. The fourth-order valence-electron chi connectivity index (χ4n) is 2.77. The van der Waals surface area contributed by atoms with Crippen molar-refractivity contribution in [2.24, 2.45) is 0 Å². The quantitative estimate of drug-likeness (QED) is 0.828. The van der Waals surface area contributed by atoms with Gasteiger partial charge in [-0.05, 0) is 52.2 Å². The van der Waals surface area contributed by atoms with Gasteiger partial charge in [-0.15, -0.1) is 0 Å². The molecular formula is C18H28N2. The van der Waals surface area contributed by atoms with E-state index in [0.29, 0.717) is 6.04 Å². The first-order valence-electron chi connectivity index (χ1n) is 7.74. The lowest BCUT2D eigenvalue weighted by molar-refractivity contribution is 0.240. The number of nitrogens with one attached hydrogen (secondary N) is 1. The van der Waals surface area contributed by atoms with Crippen LogP contribution in [-0.2, 0) is 0 Å². The Hall–Kier alpha value is -1.28. The summed E-state index contributed by atoms with van der Waals surface area (Å²) in [5, 5.41) is 3.72. The fraction of sp³-hybridized carbons (Fsp3) is 0.556. The Labute approximate surface area is 123 Å². The molecule has 2 heteroatoms. The highest BCUT2D eigenvalue weighted by atomic mass is 15.1. The van der Waals surface area contributed by atoms with Gasteiger partial charge >= 0.3 is 0 Å². The van der Waals surface area contributed by atoms with Gasteiger partial charge in [0, 0.05) is 31.4 Å². The van der Waals surface area contributed by atoms with E-state index in [-0.39, 0.29) is 0 Å². The van der Waals surface area contributed by atoms with E-state index >= 15 is 0 Å². The van der Waals surface area contributed by atoms with Gasteiger partial charge < -0.3 is 5.32 Å². The Bertz CT molecular complexity index is 464. The van der Waals surface area contributed by atoms with Gasteiger partial charge in [-0.25, -0.2) is 0 Å². The highest BCUT2D eigenvalue weighted by molar-refractivity contribution is 5.52. The minimum Gasteiger partial charge on any atom is -0.382 e. The predicted octanol–water partition coefficient (Wildman–Crippen LogP) is 4.15. The van der Waals surface area contributed by atoms with Crippen molar-refractivity contribution < 1.29 is 0 Å². The third-order valence-corrected chi connectivity index (χ3v) is 4.09. The molecule has 0 saturated carbocycles. The first-order chi connectivity index (χ1) is 9.54. The van der Waals surface area contributed by atoms with E-state index in [1.165, 1.54) is 48.3 Å². The van der Waals surface area contributed by atoms with Crippen LogP contribution in [0.25, 0.3) is 0 Å². The summed E-state index contributed by atoms with van der Waals surface area (Å²) >= 11 is 0. The molecule has 1 N–H and O–H groups in total. The van der Waals surface area contributed by atoms with E-state index in [1.807, 2.05) is 0 Å². The number of hydrogen-bond acceptors (Lipinski definition) is 2. The lowest BCUT2D eigenvalue weighted by Crippen LogP contribution is -2.39. The maximum atomic E-state index is 3.72. The molecule has 1 heterocycles. The van der Waals surface area contributed by atoms with Gasteiger partial charge in [-0.2, -0.15) is 0 Å². The van der Waals surface area contributed by atoms with E-state index in [2.05, 4.69) is 62.2 Å². The average Bonchev–Trinajstić information content (AvgIpc) is 2.41. The number of piperidine rings is 1. The van der Waals surface area contributed by atoms with E-state index < -0.39 is 0 Å². The summed E-state index contributed by atoms with van der Waals surface area (Å²) in [5.74, 6) is 0. The zero-order valence-corrected chi connectivity index (χ0v) is 13.4. The molecule has 0 aromatic heterocycles. The van der Waals surface area contributed by atoms with Crippen molar-refractivity contribution in [1.29, 1.82) is 0 Å². The van der Waals surface area contributed by atoms with Crippen LogP contribution in [0.15, 0.2) is 29.8 Å². The van der Waals surface area contributed by atoms with Gasteiger partial charge in [0.05, 0.1) is 0 Å². The highest BCUT2D eigenvalue weighted by Crippen LogP contribution is 2.21. The standard InChI is InChI=1S/C18H28N2/c1-14(2)7-10-20-11-8-17(9-12-20)19-18-6-5-15(3)13-16(18)4/h5-7,13,17,19H,8-12H2,1-4H3. The van der Waals surface area contributed by atoms with Crippen LogP contribution in [0.2, 0.25) is 0 Å². The van der Waals surface area contributed by atoms with Crippen LogP contribution in [0, 0.1) is 13.8 Å². The first-order valence-corrected chi connectivity index (χ1v) is 7.74. The van der Waals surface area contributed by atoms with E-state index in [1.54, 1.807) is 0 Å². The number of rotatable bonds is 4. The van der Waals surface area contributed by atoms with Crippen molar-refractivity contribution in [1.82, 2.24) is 4.90 Å². The third kappa shape index (κ3) is 4.38. The minimum absolute atomic E-state index is 0.624. The van der Waals surface area contributed by atoms with Crippen LogP contribution in [0.1, 0.15) is 37.8 Å². The number of allylic oxidation sites excluding steroid dienone is 1. The third-order valence-electron chi connectivity index (χ3n) is 4.09. The second-order valence-electron chi connectivity index (χ2n) is 6.32. The lowest BCUT2D eigenvalue weighted by atomic mass is 10.0. The minimum atomic E-state index is 0.624. The van der Waals surface area contributed by atoms with Gasteiger partial charge in [0.2, 0.25) is 0 Å². The van der Waals surface area contributed by atoms with Crippen LogP contribution >= 0.6 is 0 Å². The summed E-state index contributed by atoms with van der Waals surface area (Å²) in [6.07, 6.45) is 4.81. The number of hydrogen-bond donors (Lipinski definition) is 1. The Morgan fingerprint density at radius 3 is 2.55 bits per heavy atom. The maximum Gasteiger partial charge on any atom is 0.0372 e. The van der Waals surface area contributed by atoms with Crippen molar-refractivity contribution in [2.75, 3.05) is 25.0 Å². The molecule has 1 aromatic rings. The Balaban J connectivity index is 1.83. The van der Waals surface area contributed by atoms with E-state index in [0.717, 1.165) is 6.54 Å². The predicted molar refractivity (Wildman–Crippen MR) is 88.4 cm³/mol. The maximum absolute atomic E-state index is 3.72. The molecule has 2 nitrogen and oxygen atoms in total. The van der Waals surface area contributed by atoms with Crippen molar-refractivity contribution in [2.45, 2.75) is 46.6 Å². The van der Waals surface area contributed by atoms with Crippen molar-refractivity contribution in [3.8, 4) is 0 Å². The van der Waals surface area contributed by atoms with Crippen LogP contribution < -0.4 is 5.32 Å². The van der Waals surface area contributed by atoms with Gasteiger partial charge in [-0.3, -0.25) is 4.90 Å². The molecule has 0 radical (unpaired) electrons. The largest absolute Gasteiger partial charge is 0.382 e. The van der Waals surface area contributed by atoms with Gasteiger partial charge in [0.15, 0.2) is 0 Å². The van der Waals surface area contributed by atoms with Crippen LogP contribution in [0.5, 0.6) is 0 Å². The molecule has 1 fully saturated rings.